The fraction of sp³-hybridized carbons (Fsp3) is 0.632. The molecule has 0 saturated carbocycles. The Labute approximate surface area is 292 Å². The first kappa shape index (κ1) is 43.6. The van der Waals surface area contributed by atoms with Crippen LogP contribution < -0.4 is 0 Å². The van der Waals surface area contributed by atoms with E-state index in [0.717, 1.165) is 44.6 Å². The molecule has 0 amide bonds. The van der Waals surface area contributed by atoms with E-state index in [1.165, 1.54) is 77.2 Å². The number of benzene rings is 1. The first-order valence-corrected chi connectivity index (χ1v) is 17.6. The Morgan fingerprint density at radius 3 is 2.02 bits per heavy atom. The predicted octanol–water partition coefficient (Wildman–Crippen LogP) is 7.05. The number of aliphatic hydroxyl groups is 1. The largest absolute Gasteiger partial charge is 0.459 e. The average molecular weight is 691 g/mol. The molecule has 0 aromatic heterocycles. The molecular weight excluding hydrogens is 632 g/mol. The number of ether oxygens (including phenoxy) is 4. The third-order valence-electron chi connectivity index (χ3n) is 7.40. The molecule has 11 heteroatoms. The summed E-state index contributed by atoms with van der Waals surface area (Å²) in [6.07, 6.45) is 20.8. The zero-order valence-corrected chi connectivity index (χ0v) is 29.7. The van der Waals surface area contributed by atoms with Crippen molar-refractivity contribution in [1.82, 2.24) is 0 Å². The number of hydrogen-bond donors (Lipinski definition) is 1. The van der Waals surface area contributed by atoms with E-state index >= 15 is 0 Å². The number of methoxy groups -OCH3 is 1. The summed E-state index contributed by atoms with van der Waals surface area (Å²) in [7, 11) is 1.47. The second-order valence-corrected chi connectivity index (χ2v) is 11.9. The van der Waals surface area contributed by atoms with E-state index in [-0.39, 0.29) is 55.9 Å². The maximum atomic E-state index is 12.3. The van der Waals surface area contributed by atoms with E-state index in [9.17, 15) is 24.3 Å². The molecule has 1 N–H and O–H groups in total. The molecular formula is C38H58O11. The van der Waals surface area contributed by atoms with Gasteiger partial charge in [0.05, 0.1) is 12.2 Å². The van der Waals surface area contributed by atoms with Gasteiger partial charge in [-0.3, -0.25) is 9.59 Å². The number of hydrogen-bond acceptors (Lipinski definition) is 11. The van der Waals surface area contributed by atoms with Crippen LogP contribution in [-0.4, -0.2) is 81.1 Å². The molecule has 2 unspecified atom stereocenters. The van der Waals surface area contributed by atoms with E-state index in [0.29, 0.717) is 6.42 Å². The molecule has 49 heavy (non-hydrogen) atoms. The van der Waals surface area contributed by atoms with Crippen LogP contribution in [0.2, 0.25) is 0 Å². The highest BCUT2D eigenvalue weighted by Gasteiger charge is 2.18. The van der Waals surface area contributed by atoms with Crippen LogP contribution in [-0.2, 0) is 38.3 Å². The highest BCUT2D eigenvalue weighted by atomic mass is 17.2. The van der Waals surface area contributed by atoms with Gasteiger partial charge < -0.3 is 24.1 Å². The van der Waals surface area contributed by atoms with Crippen LogP contribution in [0.15, 0.2) is 48.6 Å². The summed E-state index contributed by atoms with van der Waals surface area (Å²) in [5.74, 6) is -2.04. The Morgan fingerprint density at radius 1 is 0.735 bits per heavy atom. The summed E-state index contributed by atoms with van der Waals surface area (Å²) in [5.41, 5.74) is 0.336. The van der Waals surface area contributed by atoms with E-state index < -0.39 is 24.1 Å². The highest BCUT2D eigenvalue weighted by molar-refractivity contribution is 6.05. The topological polar surface area (TPSA) is 144 Å². The number of esters is 3. The SMILES string of the molecule is CCCCCCCCC=CCCCCCCCC(=O)OC(COC)COC(=O)C=CCOOCC(O)COC(=O)c1ccccc1C(C)=O. The van der Waals surface area contributed by atoms with Crippen molar-refractivity contribution in [2.75, 3.05) is 40.1 Å². The Morgan fingerprint density at radius 2 is 1.37 bits per heavy atom. The van der Waals surface area contributed by atoms with Gasteiger partial charge in [-0.1, -0.05) is 88.6 Å². The zero-order valence-electron chi connectivity index (χ0n) is 29.7. The number of Topliss-reactive ketones (excluding diaryl/α,β-unsaturated/α-hetero) is 1. The third-order valence-corrected chi connectivity index (χ3v) is 7.40. The minimum absolute atomic E-state index is 0.0902. The highest BCUT2D eigenvalue weighted by Crippen LogP contribution is 2.13. The maximum absolute atomic E-state index is 12.3. The second kappa shape index (κ2) is 29.5. The average Bonchev–Trinajstić information content (AvgIpc) is 3.09. The van der Waals surface area contributed by atoms with Crippen LogP contribution in [0.1, 0.15) is 124 Å². The smallest absolute Gasteiger partial charge is 0.338 e. The van der Waals surface area contributed by atoms with Crippen LogP contribution in [0.3, 0.4) is 0 Å². The van der Waals surface area contributed by atoms with Crippen molar-refractivity contribution >= 4 is 23.7 Å². The minimum atomic E-state index is -1.18. The first-order chi connectivity index (χ1) is 23.8. The molecule has 0 saturated heterocycles. The lowest BCUT2D eigenvalue weighted by molar-refractivity contribution is -0.298. The van der Waals surface area contributed by atoms with Crippen LogP contribution in [0, 0.1) is 0 Å². The van der Waals surface area contributed by atoms with Crippen molar-refractivity contribution in [3.8, 4) is 0 Å². The lowest BCUT2D eigenvalue weighted by Crippen LogP contribution is -2.29. The first-order valence-electron chi connectivity index (χ1n) is 17.6. The van der Waals surface area contributed by atoms with Gasteiger partial charge in [0.2, 0.25) is 0 Å². The van der Waals surface area contributed by atoms with Gasteiger partial charge in [-0.25, -0.2) is 19.4 Å². The predicted molar refractivity (Wildman–Crippen MR) is 186 cm³/mol. The minimum Gasteiger partial charge on any atom is -0.459 e. The summed E-state index contributed by atoms with van der Waals surface area (Å²) in [4.78, 5) is 58.0. The maximum Gasteiger partial charge on any atom is 0.338 e. The van der Waals surface area contributed by atoms with Crippen LogP contribution >= 0.6 is 0 Å². The molecule has 0 radical (unpaired) electrons. The van der Waals surface area contributed by atoms with Crippen LogP contribution in [0.5, 0.6) is 0 Å². The Balaban J connectivity index is 2.11. The van der Waals surface area contributed by atoms with E-state index in [1.54, 1.807) is 12.1 Å². The molecule has 0 aliphatic heterocycles. The number of allylic oxidation sites excluding steroid dienone is 2. The Kier molecular flexibility index (Phi) is 26.3. The fourth-order valence-electron chi connectivity index (χ4n) is 4.73. The molecule has 11 nitrogen and oxygen atoms in total. The molecule has 1 aromatic carbocycles. The van der Waals surface area contributed by atoms with Crippen molar-refractivity contribution < 1.29 is 53.0 Å². The van der Waals surface area contributed by atoms with E-state index in [2.05, 4.69) is 19.1 Å². The monoisotopic (exact) mass is 690 g/mol. The molecule has 0 fully saturated rings. The van der Waals surface area contributed by atoms with Crippen molar-refractivity contribution in [2.45, 2.75) is 116 Å². The molecule has 2 atom stereocenters. The number of carbonyl (C=O) groups is 4. The molecule has 0 bridgehead atoms. The molecule has 0 aliphatic rings. The Bertz CT molecular complexity index is 1110. The standard InChI is InChI=1S/C38H58O11/c1-4-5-6-7-8-9-10-11-12-13-14-15-16-17-18-24-37(42)49-33(29-44-3)30-45-36(41)25-21-26-47-48-28-32(40)27-46-38(43)35-23-20-19-22-34(35)31(2)39/h11-12,19-23,25,32-33,40H,4-10,13-18,24,26-30H2,1-3H3. The van der Waals surface area contributed by atoms with E-state index in [1.807, 2.05) is 0 Å². The number of aliphatic hydroxyl groups excluding tert-OH is 1. The molecule has 1 aromatic rings. The molecule has 0 aliphatic carbocycles. The molecule has 1 rings (SSSR count). The summed E-state index contributed by atoms with van der Waals surface area (Å²) >= 11 is 0. The molecule has 276 valence electrons. The van der Waals surface area contributed by atoms with Crippen molar-refractivity contribution in [3.63, 3.8) is 0 Å². The summed E-state index contributed by atoms with van der Waals surface area (Å²) in [5, 5.41) is 9.96. The van der Waals surface area contributed by atoms with Gasteiger partial charge in [-0.15, -0.1) is 0 Å². The number of carbonyl (C=O) groups excluding carboxylic acids is 4. The Hall–Kier alpha value is -3.38. The van der Waals surface area contributed by atoms with Crippen LogP contribution in [0.25, 0.3) is 0 Å². The summed E-state index contributed by atoms with van der Waals surface area (Å²) < 4.78 is 20.7. The summed E-state index contributed by atoms with van der Waals surface area (Å²) in [6.45, 7) is 2.71. The number of unbranched alkanes of at least 4 members (excludes halogenated alkanes) is 11. The van der Waals surface area contributed by atoms with Gasteiger partial charge in [0.15, 0.2) is 11.9 Å². The zero-order chi connectivity index (χ0) is 36.0. The fourth-order valence-corrected chi connectivity index (χ4v) is 4.73. The second-order valence-electron chi connectivity index (χ2n) is 11.9. The quantitative estimate of drug-likeness (QED) is 0.0130. The normalized spacial score (nSPS) is 12.7. The van der Waals surface area contributed by atoms with Crippen LogP contribution in [0.4, 0.5) is 0 Å². The van der Waals surface area contributed by atoms with Crippen molar-refractivity contribution in [3.05, 3.63) is 59.7 Å². The number of ketones is 1. The van der Waals surface area contributed by atoms with Gasteiger partial charge in [0.1, 0.15) is 32.5 Å². The third kappa shape index (κ3) is 23.6. The molecule has 0 heterocycles. The lowest BCUT2D eigenvalue weighted by Gasteiger charge is -2.16. The van der Waals surface area contributed by atoms with Gasteiger partial charge >= 0.3 is 17.9 Å². The van der Waals surface area contributed by atoms with Gasteiger partial charge in [0.25, 0.3) is 0 Å². The van der Waals surface area contributed by atoms with Gasteiger partial charge in [-0.2, -0.15) is 0 Å². The van der Waals surface area contributed by atoms with Crippen molar-refractivity contribution in [1.29, 1.82) is 0 Å². The summed E-state index contributed by atoms with van der Waals surface area (Å²) in [6, 6.07) is 6.23. The van der Waals surface area contributed by atoms with Gasteiger partial charge in [-0.05, 0) is 51.2 Å². The van der Waals surface area contributed by atoms with Crippen molar-refractivity contribution in [2.24, 2.45) is 0 Å². The molecule has 0 spiro atoms. The van der Waals surface area contributed by atoms with E-state index in [4.69, 9.17) is 28.7 Å². The van der Waals surface area contributed by atoms with Gasteiger partial charge in [0, 0.05) is 25.2 Å². The lowest BCUT2D eigenvalue weighted by atomic mass is 10.0. The number of rotatable bonds is 30.